The van der Waals surface area contributed by atoms with E-state index in [9.17, 15) is 13.2 Å². The molecule has 0 aromatic heterocycles. The Morgan fingerprint density at radius 2 is 2.24 bits per heavy atom. The van der Waals surface area contributed by atoms with Crippen molar-refractivity contribution >= 4 is 16.0 Å². The molecule has 1 N–H and O–H groups in total. The Bertz CT molecular complexity index is 363. The maximum atomic E-state index is 12.1. The van der Waals surface area contributed by atoms with Gasteiger partial charge in [0.05, 0.1) is 11.9 Å². The Kier molecular flexibility index (Phi) is 4.91. The number of methoxy groups -OCH3 is 1. The summed E-state index contributed by atoms with van der Waals surface area (Å²) in [5, 5.41) is 8.96. The van der Waals surface area contributed by atoms with Crippen molar-refractivity contribution in [3.63, 3.8) is 0 Å². The summed E-state index contributed by atoms with van der Waals surface area (Å²) < 4.78 is 30.2. The number of sulfonamides is 1. The van der Waals surface area contributed by atoms with Crippen LogP contribution in [0, 0.1) is 0 Å². The van der Waals surface area contributed by atoms with Crippen molar-refractivity contribution in [1.29, 1.82) is 0 Å². The summed E-state index contributed by atoms with van der Waals surface area (Å²) in [4.78, 5) is 10.9. The Balaban J connectivity index is 2.79. The van der Waals surface area contributed by atoms with E-state index < -0.39 is 22.0 Å². The van der Waals surface area contributed by atoms with E-state index >= 15 is 0 Å². The van der Waals surface area contributed by atoms with E-state index in [4.69, 9.17) is 9.84 Å². The molecule has 0 radical (unpaired) electrons. The van der Waals surface area contributed by atoms with Crippen molar-refractivity contribution in [3.8, 4) is 0 Å². The molecular formula is C10H19NO5S. The molecule has 1 saturated heterocycles. The average molecular weight is 265 g/mol. The van der Waals surface area contributed by atoms with Gasteiger partial charge in [-0.05, 0) is 19.3 Å². The van der Waals surface area contributed by atoms with E-state index in [1.165, 1.54) is 7.11 Å². The highest BCUT2D eigenvalue weighted by molar-refractivity contribution is 7.89. The fourth-order valence-corrected chi connectivity index (χ4v) is 4.03. The van der Waals surface area contributed by atoms with Crippen LogP contribution in [0.4, 0.5) is 0 Å². The van der Waals surface area contributed by atoms with E-state index in [1.54, 1.807) is 0 Å². The second-order valence-corrected chi connectivity index (χ2v) is 6.12. The molecule has 0 aromatic carbocycles. The molecule has 17 heavy (non-hydrogen) atoms. The van der Waals surface area contributed by atoms with Gasteiger partial charge in [-0.1, -0.05) is 6.92 Å². The Morgan fingerprint density at radius 1 is 1.59 bits per heavy atom. The van der Waals surface area contributed by atoms with Crippen LogP contribution in [0.25, 0.3) is 0 Å². The van der Waals surface area contributed by atoms with Crippen LogP contribution in [-0.2, 0) is 19.6 Å². The zero-order chi connectivity index (χ0) is 13.1. The largest absolute Gasteiger partial charge is 0.480 e. The number of nitrogens with zero attached hydrogens (tertiary/aromatic N) is 1. The van der Waals surface area contributed by atoms with Gasteiger partial charge >= 0.3 is 5.97 Å². The zero-order valence-corrected chi connectivity index (χ0v) is 10.9. The molecule has 1 aliphatic rings. The van der Waals surface area contributed by atoms with Crippen LogP contribution >= 0.6 is 0 Å². The van der Waals surface area contributed by atoms with Gasteiger partial charge in [0.2, 0.25) is 10.0 Å². The summed E-state index contributed by atoms with van der Waals surface area (Å²) in [6, 6.07) is -0.908. The number of rotatable bonds is 6. The number of carboxylic acid groups (broad SMARTS) is 1. The zero-order valence-electron chi connectivity index (χ0n) is 10.1. The Labute approximate surface area is 102 Å². The molecule has 1 fully saturated rings. The highest BCUT2D eigenvalue weighted by atomic mass is 32.2. The predicted octanol–water partition coefficient (Wildman–Crippen LogP) is 0.290. The molecule has 1 unspecified atom stereocenters. The summed E-state index contributed by atoms with van der Waals surface area (Å²) in [7, 11) is -2.09. The van der Waals surface area contributed by atoms with Crippen LogP contribution in [0.1, 0.15) is 26.2 Å². The number of hydrogen-bond donors (Lipinski definition) is 1. The summed E-state index contributed by atoms with van der Waals surface area (Å²) in [6.07, 6.45) is 1.19. The third kappa shape index (κ3) is 3.40. The average Bonchev–Trinajstić information content (AvgIpc) is 2.75. The quantitative estimate of drug-likeness (QED) is 0.746. The van der Waals surface area contributed by atoms with Crippen LogP contribution in [0.3, 0.4) is 0 Å². The molecule has 1 aliphatic heterocycles. The van der Waals surface area contributed by atoms with Gasteiger partial charge in [-0.25, -0.2) is 8.42 Å². The molecule has 0 aromatic rings. The summed E-state index contributed by atoms with van der Waals surface area (Å²) in [5.41, 5.74) is 0. The first kappa shape index (κ1) is 14.4. The van der Waals surface area contributed by atoms with Gasteiger partial charge in [0.15, 0.2) is 0 Å². The van der Waals surface area contributed by atoms with Gasteiger partial charge in [0.1, 0.15) is 6.04 Å². The molecular weight excluding hydrogens is 246 g/mol. The van der Waals surface area contributed by atoms with Gasteiger partial charge in [0.25, 0.3) is 0 Å². The SMILES string of the molecule is CCC(CS(=O)(=O)N1CCC[C@@H]1C(=O)O)OC. The first-order valence-electron chi connectivity index (χ1n) is 5.67. The first-order chi connectivity index (χ1) is 7.92. The van der Waals surface area contributed by atoms with Crippen LogP contribution in [-0.4, -0.2) is 55.4 Å². The van der Waals surface area contributed by atoms with Crippen molar-refractivity contribution < 1.29 is 23.1 Å². The monoisotopic (exact) mass is 265 g/mol. The summed E-state index contributed by atoms with van der Waals surface area (Å²) >= 11 is 0. The Morgan fingerprint density at radius 3 is 2.71 bits per heavy atom. The minimum Gasteiger partial charge on any atom is -0.480 e. The molecule has 0 saturated carbocycles. The highest BCUT2D eigenvalue weighted by Gasteiger charge is 2.39. The van der Waals surface area contributed by atoms with Gasteiger partial charge in [0, 0.05) is 13.7 Å². The number of carbonyl (C=O) groups is 1. The van der Waals surface area contributed by atoms with E-state index in [0.29, 0.717) is 25.8 Å². The van der Waals surface area contributed by atoms with Gasteiger partial charge in [-0.15, -0.1) is 0 Å². The minimum atomic E-state index is -3.55. The van der Waals surface area contributed by atoms with E-state index in [1.807, 2.05) is 6.92 Å². The normalized spacial score (nSPS) is 23.8. The van der Waals surface area contributed by atoms with E-state index in [-0.39, 0.29) is 11.9 Å². The lowest BCUT2D eigenvalue weighted by Gasteiger charge is -2.23. The molecule has 1 heterocycles. The standard InChI is InChI=1S/C10H19NO5S/c1-3-8(16-2)7-17(14,15)11-6-4-5-9(11)10(12)13/h8-9H,3-7H2,1-2H3,(H,12,13)/t8?,9-/m1/s1. The molecule has 6 nitrogen and oxygen atoms in total. The Hall–Kier alpha value is -0.660. The molecule has 2 atom stereocenters. The van der Waals surface area contributed by atoms with E-state index in [0.717, 1.165) is 4.31 Å². The van der Waals surface area contributed by atoms with Gasteiger partial charge in [-0.3, -0.25) is 4.79 Å². The second kappa shape index (κ2) is 5.79. The van der Waals surface area contributed by atoms with Crippen molar-refractivity contribution in [3.05, 3.63) is 0 Å². The molecule has 0 amide bonds. The molecule has 7 heteroatoms. The summed E-state index contributed by atoms with van der Waals surface area (Å²) in [5.74, 6) is -1.22. The lowest BCUT2D eigenvalue weighted by molar-refractivity contribution is -0.140. The van der Waals surface area contributed by atoms with Crippen molar-refractivity contribution in [2.45, 2.75) is 38.3 Å². The number of carboxylic acids is 1. The number of ether oxygens (including phenoxy) is 1. The molecule has 0 bridgehead atoms. The molecule has 100 valence electrons. The lowest BCUT2D eigenvalue weighted by atomic mass is 10.2. The third-order valence-electron chi connectivity index (χ3n) is 3.03. The fraction of sp³-hybridized carbons (Fsp3) is 0.900. The molecule has 0 aliphatic carbocycles. The predicted molar refractivity (Wildman–Crippen MR) is 62.2 cm³/mol. The van der Waals surface area contributed by atoms with E-state index in [2.05, 4.69) is 0 Å². The highest BCUT2D eigenvalue weighted by Crippen LogP contribution is 2.22. The first-order valence-corrected chi connectivity index (χ1v) is 7.28. The third-order valence-corrected chi connectivity index (χ3v) is 4.98. The maximum Gasteiger partial charge on any atom is 0.322 e. The van der Waals surface area contributed by atoms with Gasteiger partial charge < -0.3 is 9.84 Å². The smallest absolute Gasteiger partial charge is 0.322 e. The fourth-order valence-electron chi connectivity index (χ4n) is 2.00. The van der Waals surface area contributed by atoms with Crippen LogP contribution < -0.4 is 0 Å². The van der Waals surface area contributed by atoms with Crippen LogP contribution in [0.5, 0.6) is 0 Å². The number of aliphatic carboxylic acids is 1. The summed E-state index contributed by atoms with van der Waals surface area (Å²) in [6.45, 7) is 2.13. The lowest BCUT2D eigenvalue weighted by Crippen LogP contribution is -2.43. The molecule has 1 rings (SSSR count). The second-order valence-electron chi connectivity index (χ2n) is 4.15. The topological polar surface area (TPSA) is 83.9 Å². The van der Waals surface area contributed by atoms with Crippen LogP contribution in [0.15, 0.2) is 0 Å². The van der Waals surface area contributed by atoms with Crippen molar-refractivity contribution in [2.24, 2.45) is 0 Å². The van der Waals surface area contributed by atoms with Crippen molar-refractivity contribution in [1.82, 2.24) is 4.31 Å². The van der Waals surface area contributed by atoms with Gasteiger partial charge in [-0.2, -0.15) is 4.31 Å². The number of hydrogen-bond acceptors (Lipinski definition) is 4. The maximum absolute atomic E-state index is 12.1. The minimum absolute atomic E-state index is 0.149. The van der Waals surface area contributed by atoms with Crippen LogP contribution in [0.2, 0.25) is 0 Å². The molecule has 0 spiro atoms. The van der Waals surface area contributed by atoms with Crippen molar-refractivity contribution in [2.75, 3.05) is 19.4 Å².